The summed E-state index contributed by atoms with van der Waals surface area (Å²) in [4.78, 5) is 12.1. The summed E-state index contributed by atoms with van der Waals surface area (Å²) < 4.78 is 0. The largest absolute Gasteiger partial charge is 0.326 e. The number of carbonyl (C=O) groups excluding carboxylic acids is 1. The summed E-state index contributed by atoms with van der Waals surface area (Å²) >= 11 is 0. The average Bonchev–Trinajstić information content (AvgIpc) is 3.03. The molecule has 0 aliphatic carbocycles. The van der Waals surface area contributed by atoms with Gasteiger partial charge in [-0.05, 0) is 43.1 Å². The zero-order valence-electron chi connectivity index (χ0n) is 11.2. The molecule has 0 saturated carbocycles. The Hall–Kier alpha value is -2.14. The summed E-state index contributed by atoms with van der Waals surface area (Å²) in [5.41, 5.74) is 2.86. The third-order valence-corrected chi connectivity index (χ3v) is 3.63. The van der Waals surface area contributed by atoms with E-state index in [0.717, 1.165) is 42.9 Å². The first kappa shape index (κ1) is 12.9. The van der Waals surface area contributed by atoms with E-state index in [1.165, 1.54) is 0 Å². The standard InChI is InChI=1S/C15H18N4O/c20-15(12-2-1-8-16-10-12)18-13-5-3-11(4-6-13)14-7-9-17-19-14/h3-7,9,12,16H,1-2,8,10H2,(H,17,19)(H,18,20)/t12-/m0/s1. The van der Waals surface area contributed by atoms with Crippen molar-refractivity contribution in [3.05, 3.63) is 36.5 Å². The van der Waals surface area contributed by atoms with Gasteiger partial charge in [-0.1, -0.05) is 12.1 Å². The summed E-state index contributed by atoms with van der Waals surface area (Å²) in [6.07, 6.45) is 3.75. The molecule has 1 fully saturated rings. The molecule has 1 saturated heterocycles. The molecule has 5 nitrogen and oxygen atoms in total. The van der Waals surface area contributed by atoms with E-state index in [1.54, 1.807) is 6.20 Å². The fraction of sp³-hybridized carbons (Fsp3) is 0.333. The maximum absolute atomic E-state index is 12.1. The Labute approximate surface area is 117 Å². The van der Waals surface area contributed by atoms with Crippen molar-refractivity contribution in [1.29, 1.82) is 0 Å². The number of benzene rings is 1. The second kappa shape index (κ2) is 5.88. The molecule has 1 aliphatic rings. The first-order chi connectivity index (χ1) is 9.83. The Morgan fingerprint density at radius 3 is 2.75 bits per heavy atom. The summed E-state index contributed by atoms with van der Waals surface area (Å²) in [6, 6.07) is 9.71. The Bertz CT molecular complexity index is 556. The van der Waals surface area contributed by atoms with Crippen molar-refractivity contribution in [1.82, 2.24) is 15.5 Å². The summed E-state index contributed by atoms with van der Waals surface area (Å²) in [5.74, 6) is 0.183. The monoisotopic (exact) mass is 270 g/mol. The smallest absolute Gasteiger partial charge is 0.228 e. The molecule has 2 heterocycles. The Morgan fingerprint density at radius 2 is 2.10 bits per heavy atom. The maximum Gasteiger partial charge on any atom is 0.228 e. The van der Waals surface area contributed by atoms with Crippen LogP contribution in [0.15, 0.2) is 36.5 Å². The number of hydrogen-bond acceptors (Lipinski definition) is 3. The number of anilines is 1. The van der Waals surface area contributed by atoms with Crippen LogP contribution in [0.5, 0.6) is 0 Å². The van der Waals surface area contributed by atoms with E-state index >= 15 is 0 Å². The molecule has 0 bridgehead atoms. The van der Waals surface area contributed by atoms with Crippen molar-refractivity contribution in [2.24, 2.45) is 5.92 Å². The average molecular weight is 270 g/mol. The van der Waals surface area contributed by atoms with Gasteiger partial charge in [-0.25, -0.2) is 0 Å². The van der Waals surface area contributed by atoms with Crippen LogP contribution in [-0.4, -0.2) is 29.2 Å². The number of aromatic amines is 1. The normalized spacial score (nSPS) is 18.7. The Balaban J connectivity index is 1.64. The first-order valence-electron chi connectivity index (χ1n) is 6.94. The van der Waals surface area contributed by atoms with E-state index in [1.807, 2.05) is 30.3 Å². The van der Waals surface area contributed by atoms with Crippen LogP contribution in [0.25, 0.3) is 11.3 Å². The minimum atomic E-state index is 0.0797. The van der Waals surface area contributed by atoms with Crippen molar-refractivity contribution in [2.75, 3.05) is 18.4 Å². The highest BCUT2D eigenvalue weighted by atomic mass is 16.1. The van der Waals surface area contributed by atoms with Gasteiger partial charge in [0.05, 0.1) is 11.6 Å². The number of amides is 1. The second-order valence-electron chi connectivity index (χ2n) is 5.08. The van der Waals surface area contributed by atoms with Crippen molar-refractivity contribution in [3.63, 3.8) is 0 Å². The van der Waals surface area contributed by atoms with E-state index in [2.05, 4.69) is 20.8 Å². The molecule has 0 spiro atoms. The van der Waals surface area contributed by atoms with Crippen LogP contribution in [-0.2, 0) is 4.79 Å². The summed E-state index contributed by atoms with van der Waals surface area (Å²) in [7, 11) is 0. The first-order valence-corrected chi connectivity index (χ1v) is 6.94. The molecule has 0 unspecified atom stereocenters. The van der Waals surface area contributed by atoms with Gasteiger partial charge in [0, 0.05) is 18.4 Å². The van der Waals surface area contributed by atoms with Gasteiger partial charge in [0.1, 0.15) is 0 Å². The highest BCUT2D eigenvalue weighted by Gasteiger charge is 2.20. The van der Waals surface area contributed by atoms with Crippen LogP contribution < -0.4 is 10.6 Å². The van der Waals surface area contributed by atoms with Crippen molar-refractivity contribution in [3.8, 4) is 11.3 Å². The lowest BCUT2D eigenvalue weighted by Crippen LogP contribution is -2.37. The minimum Gasteiger partial charge on any atom is -0.326 e. The number of aromatic nitrogens is 2. The molecule has 1 aromatic heterocycles. The van der Waals surface area contributed by atoms with Crippen molar-refractivity contribution >= 4 is 11.6 Å². The SMILES string of the molecule is O=C(Nc1ccc(-c2ccn[nH]2)cc1)[C@H]1CCCNC1. The van der Waals surface area contributed by atoms with Gasteiger partial charge in [-0.3, -0.25) is 9.89 Å². The number of nitrogens with one attached hydrogen (secondary N) is 3. The molecular weight excluding hydrogens is 252 g/mol. The third kappa shape index (κ3) is 2.88. The number of carbonyl (C=O) groups is 1. The zero-order valence-corrected chi connectivity index (χ0v) is 11.2. The van der Waals surface area contributed by atoms with E-state index < -0.39 is 0 Å². The Kier molecular flexibility index (Phi) is 3.78. The third-order valence-electron chi connectivity index (χ3n) is 3.63. The van der Waals surface area contributed by atoms with E-state index in [0.29, 0.717) is 0 Å². The molecule has 3 N–H and O–H groups in total. The zero-order chi connectivity index (χ0) is 13.8. The van der Waals surface area contributed by atoms with Crippen LogP contribution in [0.2, 0.25) is 0 Å². The fourth-order valence-electron chi connectivity index (χ4n) is 2.47. The summed E-state index contributed by atoms with van der Waals surface area (Å²) in [5, 5.41) is 13.1. The number of hydrogen-bond donors (Lipinski definition) is 3. The van der Waals surface area contributed by atoms with Gasteiger partial charge in [-0.15, -0.1) is 0 Å². The van der Waals surface area contributed by atoms with Gasteiger partial charge in [0.25, 0.3) is 0 Å². The molecule has 1 aromatic carbocycles. The predicted octanol–water partition coefficient (Wildman–Crippen LogP) is 2.01. The topological polar surface area (TPSA) is 69.8 Å². The van der Waals surface area contributed by atoms with Gasteiger partial charge >= 0.3 is 0 Å². The lowest BCUT2D eigenvalue weighted by Gasteiger charge is -2.21. The van der Waals surface area contributed by atoms with E-state index in [9.17, 15) is 4.79 Å². The van der Waals surface area contributed by atoms with Gasteiger partial charge in [0.2, 0.25) is 5.91 Å². The molecule has 104 valence electrons. The van der Waals surface area contributed by atoms with Crippen LogP contribution in [0.1, 0.15) is 12.8 Å². The van der Waals surface area contributed by atoms with Crippen LogP contribution in [0.3, 0.4) is 0 Å². The molecule has 1 aliphatic heterocycles. The molecule has 1 atom stereocenters. The van der Waals surface area contributed by atoms with E-state index in [4.69, 9.17) is 0 Å². The number of rotatable bonds is 3. The quantitative estimate of drug-likeness (QED) is 0.799. The van der Waals surface area contributed by atoms with Crippen molar-refractivity contribution in [2.45, 2.75) is 12.8 Å². The van der Waals surface area contributed by atoms with Crippen LogP contribution >= 0.6 is 0 Å². The second-order valence-corrected chi connectivity index (χ2v) is 5.08. The minimum absolute atomic E-state index is 0.0797. The predicted molar refractivity (Wildman–Crippen MR) is 78.2 cm³/mol. The lowest BCUT2D eigenvalue weighted by molar-refractivity contribution is -0.120. The molecule has 3 rings (SSSR count). The Morgan fingerprint density at radius 1 is 1.25 bits per heavy atom. The number of piperidine rings is 1. The van der Waals surface area contributed by atoms with Gasteiger partial charge in [-0.2, -0.15) is 5.10 Å². The number of H-pyrrole nitrogens is 1. The summed E-state index contributed by atoms with van der Waals surface area (Å²) in [6.45, 7) is 1.79. The molecule has 2 aromatic rings. The molecule has 0 radical (unpaired) electrons. The number of nitrogens with zero attached hydrogens (tertiary/aromatic N) is 1. The van der Waals surface area contributed by atoms with Crippen LogP contribution in [0, 0.1) is 5.92 Å². The van der Waals surface area contributed by atoms with Gasteiger partial charge < -0.3 is 10.6 Å². The van der Waals surface area contributed by atoms with E-state index in [-0.39, 0.29) is 11.8 Å². The molecular formula is C15H18N4O. The van der Waals surface area contributed by atoms with Crippen molar-refractivity contribution < 1.29 is 4.79 Å². The van der Waals surface area contributed by atoms with Crippen LogP contribution in [0.4, 0.5) is 5.69 Å². The molecule has 1 amide bonds. The highest BCUT2D eigenvalue weighted by Crippen LogP contribution is 2.20. The molecule has 20 heavy (non-hydrogen) atoms. The maximum atomic E-state index is 12.1. The molecule has 5 heteroatoms. The lowest BCUT2D eigenvalue weighted by atomic mass is 9.99. The highest BCUT2D eigenvalue weighted by molar-refractivity contribution is 5.93. The fourth-order valence-corrected chi connectivity index (χ4v) is 2.47. The van der Waals surface area contributed by atoms with Gasteiger partial charge in [0.15, 0.2) is 0 Å².